The fraction of sp³-hybridized carbons (Fsp3) is 0.571. The van der Waals surface area contributed by atoms with Crippen LogP contribution in [0.4, 0.5) is 4.39 Å². The Bertz CT molecular complexity index is 389. The number of hydrogen-bond donors (Lipinski definition) is 1. The highest BCUT2D eigenvalue weighted by Gasteiger charge is 2.16. The normalized spacial score (nSPS) is 21.6. The minimum absolute atomic E-state index is 0.0117. The van der Waals surface area contributed by atoms with E-state index in [2.05, 4.69) is 0 Å². The standard InChI is InChI=1S/C14H20FNO2/c1-10(16)5-11-6-12(15)8-14(7-11)18-13-3-2-4-17-9-13/h6-8,10,13H,2-5,9,16H2,1H3. The van der Waals surface area contributed by atoms with Gasteiger partial charge in [0.1, 0.15) is 17.7 Å². The van der Waals surface area contributed by atoms with Gasteiger partial charge in [0, 0.05) is 18.7 Å². The van der Waals surface area contributed by atoms with Crippen LogP contribution in [0.25, 0.3) is 0 Å². The van der Waals surface area contributed by atoms with Gasteiger partial charge in [-0.2, -0.15) is 0 Å². The number of nitrogens with two attached hydrogens (primary N) is 1. The summed E-state index contributed by atoms with van der Waals surface area (Å²) in [6, 6.07) is 4.80. The van der Waals surface area contributed by atoms with Crippen molar-refractivity contribution < 1.29 is 13.9 Å². The molecule has 0 aromatic heterocycles. The van der Waals surface area contributed by atoms with Crippen LogP contribution >= 0.6 is 0 Å². The second-order valence-electron chi connectivity index (χ2n) is 4.93. The zero-order valence-electron chi connectivity index (χ0n) is 10.7. The molecule has 1 aromatic carbocycles. The minimum Gasteiger partial charge on any atom is -0.488 e. The maximum absolute atomic E-state index is 13.5. The predicted molar refractivity (Wildman–Crippen MR) is 68.2 cm³/mol. The molecule has 2 N–H and O–H groups in total. The summed E-state index contributed by atoms with van der Waals surface area (Å²) in [5, 5.41) is 0. The quantitative estimate of drug-likeness (QED) is 0.895. The number of benzene rings is 1. The van der Waals surface area contributed by atoms with E-state index >= 15 is 0 Å². The van der Waals surface area contributed by atoms with Gasteiger partial charge in [-0.25, -0.2) is 4.39 Å². The van der Waals surface area contributed by atoms with Crippen LogP contribution in [0.15, 0.2) is 18.2 Å². The van der Waals surface area contributed by atoms with Crippen LogP contribution in [-0.4, -0.2) is 25.4 Å². The van der Waals surface area contributed by atoms with Crippen molar-refractivity contribution >= 4 is 0 Å². The van der Waals surface area contributed by atoms with Crippen LogP contribution in [0.2, 0.25) is 0 Å². The SMILES string of the molecule is CC(N)Cc1cc(F)cc(OC2CCCOC2)c1. The molecule has 1 heterocycles. The molecular formula is C14H20FNO2. The molecule has 0 bridgehead atoms. The lowest BCUT2D eigenvalue weighted by Gasteiger charge is -2.23. The zero-order valence-corrected chi connectivity index (χ0v) is 10.7. The third kappa shape index (κ3) is 3.96. The number of halogens is 1. The highest BCUT2D eigenvalue weighted by atomic mass is 19.1. The third-order valence-electron chi connectivity index (χ3n) is 2.91. The van der Waals surface area contributed by atoms with E-state index in [0.717, 1.165) is 25.0 Å². The molecule has 0 aliphatic carbocycles. The fourth-order valence-corrected chi connectivity index (χ4v) is 2.17. The van der Waals surface area contributed by atoms with Crippen molar-refractivity contribution in [2.45, 2.75) is 38.3 Å². The lowest BCUT2D eigenvalue weighted by molar-refractivity contribution is 0.00728. The highest BCUT2D eigenvalue weighted by molar-refractivity contribution is 5.30. The van der Waals surface area contributed by atoms with Gasteiger partial charge in [0.25, 0.3) is 0 Å². The van der Waals surface area contributed by atoms with Gasteiger partial charge in [0.15, 0.2) is 0 Å². The number of rotatable bonds is 4. The maximum Gasteiger partial charge on any atom is 0.127 e. The van der Waals surface area contributed by atoms with E-state index in [1.54, 1.807) is 0 Å². The summed E-state index contributed by atoms with van der Waals surface area (Å²) >= 11 is 0. The Kier molecular flexibility index (Phi) is 4.55. The highest BCUT2D eigenvalue weighted by Crippen LogP contribution is 2.21. The molecule has 18 heavy (non-hydrogen) atoms. The van der Waals surface area contributed by atoms with E-state index in [4.69, 9.17) is 15.2 Å². The topological polar surface area (TPSA) is 44.5 Å². The summed E-state index contributed by atoms with van der Waals surface area (Å²) in [5.74, 6) is 0.293. The van der Waals surface area contributed by atoms with Crippen molar-refractivity contribution in [2.24, 2.45) is 5.73 Å². The molecule has 1 aromatic rings. The monoisotopic (exact) mass is 253 g/mol. The van der Waals surface area contributed by atoms with Gasteiger partial charge >= 0.3 is 0 Å². The Morgan fingerprint density at radius 2 is 2.33 bits per heavy atom. The molecule has 3 nitrogen and oxygen atoms in total. The zero-order chi connectivity index (χ0) is 13.0. The average molecular weight is 253 g/mol. The maximum atomic E-state index is 13.5. The number of hydrogen-bond acceptors (Lipinski definition) is 3. The first kappa shape index (κ1) is 13.3. The van der Waals surface area contributed by atoms with Crippen molar-refractivity contribution in [3.63, 3.8) is 0 Å². The van der Waals surface area contributed by atoms with Crippen LogP contribution in [0.3, 0.4) is 0 Å². The first-order valence-electron chi connectivity index (χ1n) is 6.43. The summed E-state index contributed by atoms with van der Waals surface area (Å²) in [4.78, 5) is 0. The second kappa shape index (κ2) is 6.16. The van der Waals surface area contributed by atoms with E-state index < -0.39 is 0 Å². The van der Waals surface area contributed by atoms with Gasteiger partial charge in [-0.15, -0.1) is 0 Å². The molecule has 1 fully saturated rings. The van der Waals surface area contributed by atoms with Crippen LogP contribution in [-0.2, 0) is 11.2 Å². The molecule has 2 unspecified atom stereocenters. The Balaban J connectivity index is 2.04. The van der Waals surface area contributed by atoms with E-state index in [1.165, 1.54) is 12.1 Å². The predicted octanol–water partition coefficient (Wildman–Crippen LogP) is 2.27. The first-order chi connectivity index (χ1) is 8.63. The largest absolute Gasteiger partial charge is 0.488 e. The molecule has 1 aliphatic rings. The molecule has 1 saturated heterocycles. The van der Waals surface area contributed by atoms with Crippen molar-refractivity contribution in [3.05, 3.63) is 29.6 Å². The summed E-state index contributed by atoms with van der Waals surface area (Å²) in [7, 11) is 0. The van der Waals surface area contributed by atoms with Gasteiger partial charge < -0.3 is 15.2 Å². The third-order valence-corrected chi connectivity index (χ3v) is 2.91. The van der Waals surface area contributed by atoms with Gasteiger partial charge in [-0.1, -0.05) is 0 Å². The molecule has 0 spiro atoms. The van der Waals surface area contributed by atoms with Crippen molar-refractivity contribution in [3.8, 4) is 5.75 Å². The Labute approximate surface area is 107 Å². The molecule has 1 aliphatic heterocycles. The van der Waals surface area contributed by atoms with Gasteiger partial charge in [0.2, 0.25) is 0 Å². The van der Waals surface area contributed by atoms with E-state index in [9.17, 15) is 4.39 Å². The number of ether oxygens (including phenoxy) is 2. The van der Waals surface area contributed by atoms with Crippen molar-refractivity contribution in [1.82, 2.24) is 0 Å². The molecular weight excluding hydrogens is 233 g/mol. The summed E-state index contributed by atoms with van der Waals surface area (Å²) < 4.78 is 24.6. The Hall–Kier alpha value is -1.13. The molecule has 2 rings (SSSR count). The molecule has 0 radical (unpaired) electrons. The molecule has 100 valence electrons. The van der Waals surface area contributed by atoms with Gasteiger partial charge in [-0.3, -0.25) is 0 Å². The second-order valence-corrected chi connectivity index (χ2v) is 4.93. The molecule has 0 saturated carbocycles. The van der Waals surface area contributed by atoms with Gasteiger partial charge in [0.05, 0.1) is 6.61 Å². The van der Waals surface area contributed by atoms with Crippen molar-refractivity contribution in [2.75, 3.05) is 13.2 Å². The van der Waals surface area contributed by atoms with Crippen LogP contribution in [0.1, 0.15) is 25.3 Å². The van der Waals surface area contributed by atoms with Crippen LogP contribution in [0.5, 0.6) is 5.75 Å². The van der Waals surface area contributed by atoms with Crippen LogP contribution in [0, 0.1) is 5.82 Å². The lowest BCUT2D eigenvalue weighted by atomic mass is 10.1. The van der Waals surface area contributed by atoms with Gasteiger partial charge in [-0.05, 0) is 43.9 Å². The van der Waals surface area contributed by atoms with E-state index in [0.29, 0.717) is 18.8 Å². The minimum atomic E-state index is -0.278. The Morgan fingerprint density at radius 3 is 3.00 bits per heavy atom. The molecule has 0 amide bonds. The summed E-state index contributed by atoms with van der Waals surface area (Å²) in [6.07, 6.45) is 2.63. The first-order valence-corrected chi connectivity index (χ1v) is 6.43. The smallest absolute Gasteiger partial charge is 0.127 e. The van der Waals surface area contributed by atoms with Crippen LogP contribution < -0.4 is 10.5 Å². The van der Waals surface area contributed by atoms with E-state index in [1.807, 2.05) is 13.0 Å². The lowest BCUT2D eigenvalue weighted by Crippen LogP contribution is -2.28. The van der Waals surface area contributed by atoms with E-state index in [-0.39, 0.29) is 18.0 Å². The molecule has 2 atom stereocenters. The molecule has 4 heteroatoms. The van der Waals surface area contributed by atoms with Crippen molar-refractivity contribution in [1.29, 1.82) is 0 Å². The average Bonchev–Trinajstić information content (AvgIpc) is 2.28. The Morgan fingerprint density at radius 1 is 1.50 bits per heavy atom. The summed E-state index contributed by atoms with van der Waals surface area (Å²) in [6.45, 7) is 3.28. The fourth-order valence-electron chi connectivity index (χ4n) is 2.17. The summed E-state index contributed by atoms with van der Waals surface area (Å²) in [5.41, 5.74) is 6.60.